The molecule has 0 aliphatic rings. The molecule has 1 unspecified atom stereocenters. The van der Waals surface area contributed by atoms with Gasteiger partial charge in [0.25, 0.3) is 17.2 Å². The molecule has 0 fully saturated rings. The Morgan fingerprint density at radius 3 is 2.45 bits per heavy atom. The maximum absolute atomic E-state index is 13.5. The Labute approximate surface area is 197 Å². The second-order valence-corrected chi connectivity index (χ2v) is 8.20. The average molecular weight is 471 g/mol. The molecular weight excluding hydrogens is 444 g/mol. The lowest BCUT2D eigenvalue weighted by atomic mass is 10.1. The highest BCUT2D eigenvalue weighted by atomic mass is 35.5. The van der Waals surface area contributed by atoms with Crippen molar-refractivity contribution in [1.82, 2.24) is 14.5 Å². The quantitative estimate of drug-likeness (QED) is 0.309. The number of nitrogens with zero attached hydrogens (tertiary/aromatic N) is 4. The van der Waals surface area contributed by atoms with E-state index < -0.39 is 11.0 Å². The molecule has 0 saturated carbocycles. The Bertz CT molecular complexity index is 1220. The van der Waals surface area contributed by atoms with Gasteiger partial charge >= 0.3 is 0 Å². The minimum Gasteiger partial charge on any atom is -0.328 e. The monoisotopic (exact) mass is 470 g/mol. The fraction of sp³-hybridized carbons (Fsp3) is 0.375. The number of carbonyl (C=O) groups excluding carboxylic acids is 1. The first-order chi connectivity index (χ1) is 15.8. The summed E-state index contributed by atoms with van der Waals surface area (Å²) in [5.74, 6) is 0.249. The molecule has 1 heterocycles. The van der Waals surface area contributed by atoms with Crippen molar-refractivity contribution in [3.63, 3.8) is 0 Å². The molecule has 33 heavy (non-hydrogen) atoms. The second kappa shape index (κ2) is 10.6. The number of amides is 1. The zero-order valence-electron chi connectivity index (χ0n) is 19.0. The van der Waals surface area contributed by atoms with Crippen LogP contribution in [0.2, 0.25) is 5.02 Å². The van der Waals surface area contributed by atoms with Gasteiger partial charge in [-0.1, -0.05) is 31.9 Å². The van der Waals surface area contributed by atoms with E-state index in [1.807, 2.05) is 20.8 Å². The predicted molar refractivity (Wildman–Crippen MR) is 129 cm³/mol. The zero-order valence-corrected chi connectivity index (χ0v) is 19.7. The van der Waals surface area contributed by atoms with Gasteiger partial charge in [0.15, 0.2) is 0 Å². The van der Waals surface area contributed by atoms with E-state index in [2.05, 4.69) is 0 Å². The third-order valence-electron chi connectivity index (χ3n) is 5.66. The van der Waals surface area contributed by atoms with Crippen molar-refractivity contribution < 1.29 is 9.72 Å². The van der Waals surface area contributed by atoms with Crippen LogP contribution in [0.5, 0.6) is 0 Å². The summed E-state index contributed by atoms with van der Waals surface area (Å²) in [6.07, 6.45) is 2.19. The number of aromatic nitrogens is 2. The summed E-state index contributed by atoms with van der Waals surface area (Å²) in [6, 6.07) is 10.1. The fourth-order valence-electron chi connectivity index (χ4n) is 3.93. The lowest BCUT2D eigenvalue weighted by Gasteiger charge is -2.32. The summed E-state index contributed by atoms with van der Waals surface area (Å²) in [6.45, 7) is 6.73. The van der Waals surface area contributed by atoms with Crippen molar-refractivity contribution in [1.29, 1.82) is 0 Å². The number of hydrogen-bond donors (Lipinski definition) is 0. The van der Waals surface area contributed by atoms with Crippen LogP contribution in [-0.2, 0) is 6.54 Å². The van der Waals surface area contributed by atoms with E-state index in [0.29, 0.717) is 46.8 Å². The normalized spacial score (nSPS) is 12.0. The Kier molecular flexibility index (Phi) is 7.81. The summed E-state index contributed by atoms with van der Waals surface area (Å²) in [4.78, 5) is 43.7. The molecule has 0 spiro atoms. The van der Waals surface area contributed by atoms with Crippen LogP contribution >= 0.6 is 11.6 Å². The molecule has 8 nitrogen and oxygen atoms in total. The highest BCUT2D eigenvalue weighted by Gasteiger charge is 2.29. The van der Waals surface area contributed by atoms with E-state index in [9.17, 15) is 19.7 Å². The number of hydrogen-bond acceptors (Lipinski definition) is 5. The molecule has 0 saturated heterocycles. The SMILES string of the molecule is CCCCN(C(=O)c1ccc([N+](=O)[O-])cc1)C(CC)c1nc2cc(Cl)ccc2c(=O)n1CC. The van der Waals surface area contributed by atoms with Gasteiger partial charge in [0.05, 0.1) is 21.9 Å². The van der Waals surface area contributed by atoms with Gasteiger partial charge in [0.2, 0.25) is 0 Å². The molecule has 0 aliphatic carbocycles. The predicted octanol–water partition coefficient (Wildman–Crippen LogP) is 5.37. The lowest BCUT2D eigenvalue weighted by molar-refractivity contribution is -0.384. The third-order valence-corrected chi connectivity index (χ3v) is 5.90. The minimum atomic E-state index is -0.498. The van der Waals surface area contributed by atoms with E-state index in [1.165, 1.54) is 24.3 Å². The minimum absolute atomic E-state index is 0.0772. The molecule has 0 radical (unpaired) electrons. The number of nitro benzene ring substituents is 1. The van der Waals surface area contributed by atoms with Crippen LogP contribution in [0.15, 0.2) is 47.3 Å². The van der Waals surface area contributed by atoms with Crippen molar-refractivity contribution in [2.75, 3.05) is 6.54 Å². The van der Waals surface area contributed by atoms with Crippen LogP contribution in [0.1, 0.15) is 62.3 Å². The molecule has 0 bridgehead atoms. The van der Waals surface area contributed by atoms with Crippen LogP contribution in [0.3, 0.4) is 0 Å². The number of nitro groups is 1. The van der Waals surface area contributed by atoms with Gasteiger partial charge in [0.1, 0.15) is 5.82 Å². The summed E-state index contributed by atoms with van der Waals surface area (Å²) in [5.41, 5.74) is 0.589. The van der Waals surface area contributed by atoms with Crippen LogP contribution in [0.25, 0.3) is 10.9 Å². The van der Waals surface area contributed by atoms with Crippen molar-refractivity contribution >= 4 is 34.1 Å². The van der Waals surface area contributed by atoms with Crippen LogP contribution in [0, 0.1) is 10.1 Å². The average Bonchev–Trinajstić information content (AvgIpc) is 2.81. The molecule has 0 aliphatic heterocycles. The van der Waals surface area contributed by atoms with Crippen molar-refractivity contribution in [3.8, 4) is 0 Å². The molecule has 2 aromatic carbocycles. The molecular formula is C24H27ClN4O4. The van der Waals surface area contributed by atoms with Crippen LogP contribution < -0.4 is 5.56 Å². The Morgan fingerprint density at radius 2 is 1.88 bits per heavy atom. The number of carbonyl (C=O) groups is 1. The third kappa shape index (κ3) is 5.06. The van der Waals surface area contributed by atoms with Gasteiger partial charge in [-0.25, -0.2) is 4.98 Å². The zero-order chi connectivity index (χ0) is 24.1. The van der Waals surface area contributed by atoms with Gasteiger partial charge in [-0.05, 0) is 50.1 Å². The van der Waals surface area contributed by atoms with Crippen LogP contribution in [0.4, 0.5) is 5.69 Å². The molecule has 9 heteroatoms. The first-order valence-electron chi connectivity index (χ1n) is 11.1. The van der Waals surface area contributed by atoms with Gasteiger partial charge in [-0.2, -0.15) is 0 Å². The largest absolute Gasteiger partial charge is 0.328 e. The Hall–Kier alpha value is -3.26. The number of unbranched alkanes of at least 4 members (excludes halogenated alkanes) is 1. The highest BCUT2D eigenvalue weighted by molar-refractivity contribution is 6.31. The molecule has 0 N–H and O–H groups in total. The fourth-order valence-corrected chi connectivity index (χ4v) is 4.10. The maximum Gasteiger partial charge on any atom is 0.269 e. The van der Waals surface area contributed by atoms with E-state index in [0.717, 1.165) is 12.8 Å². The first kappa shape index (κ1) is 24.4. The van der Waals surface area contributed by atoms with Gasteiger partial charge in [-0.15, -0.1) is 0 Å². The first-order valence-corrected chi connectivity index (χ1v) is 11.5. The van der Waals surface area contributed by atoms with E-state index in [4.69, 9.17) is 16.6 Å². The molecule has 3 aromatic rings. The van der Waals surface area contributed by atoms with Gasteiger partial charge < -0.3 is 4.90 Å². The van der Waals surface area contributed by atoms with E-state index in [-0.39, 0.29) is 17.2 Å². The summed E-state index contributed by atoms with van der Waals surface area (Å²) in [5, 5.41) is 11.9. The molecule has 3 rings (SSSR count). The van der Waals surface area contributed by atoms with Gasteiger partial charge in [-0.3, -0.25) is 24.3 Å². The maximum atomic E-state index is 13.5. The van der Waals surface area contributed by atoms with Crippen LogP contribution in [-0.4, -0.2) is 31.8 Å². The molecule has 174 valence electrons. The van der Waals surface area contributed by atoms with Crippen molar-refractivity contribution in [2.45, 2.75) is 52.6 Å². The summed E-state index contributed by atoms with van der Waals surface area (Å²) in [7, 11) is 0. The second-order valence-electron chi connectivity index (χ2n) is 7.76. The summed E-state index contributed by atoms with van der Waals surface area (Å²) < 4.78 is 1.60. The molecule has 1 atom stereocenters. The Balaban J connectivity index is 2.13. The molecule has 1 amide bonds. The number of benzene rings is 2. The smallest absolute Gasteiger partial charge is 0.269 e. The van der Waals surface area contributed by atoms with Crippen molar-refractivity contribution in [2.24, 2.45) is 0 Å². The number of rotatable bonds is 9. The van der Waals surface area contributed by atoms with Crippen molar-refractivity contribution in [3.05, 3.63) is 79.3 Å². The van der Waals surface area contributed by atoms with Gasteiger partial charge in [0, 0.05) is 35.8 Å². The number of halogens is 1. The summed E-state index contributed by atoms with van der Waals surface area (Å²) >= 11 is 6.15. The number of non-ortho nitro benzene ring substituents is 1. The standard InChI is InChI=1S/C24H27ClN4O4/c1-4-7-14-28(23(30)16-8-11-18(12-9-16)29(32)33)21(5-2)22-26-20-15-17(25)10-13-19(20)24(31)27(22)6-3/h8-13,15,21H,4-7,14H2,1-3H3. The topological polar surface area (TPSA) is 98.3 Å². The van der Waals surface area contributed by atoms with E-state index in [1.54, 1.807) is 27.7 Å². The highest BCUT2D eigenvalue weighted by Crippen LogP contribution is 2.27. The van der Waals surface area contributed by atoms with E-state index >= 15 is 0 Å². The number of fused-ring (bicyclic) bond motifs is 1. The lowest BCUT2D eigenvalue weighted by Crippen LogP contribution is -2.39. The molecule has 1 aromatic heterocycles. The Morgan fingerprint density at radius 1 is 1.18 bits per heavy atom.